The molecule has 0 saturated heterocycles. The van der Waals surface area contributed by atoms with Crippen molar-refractivity contribution in [1.29, 1.82) is 0 Å². The summed E-state index contributed by atoms with van der Waals surface area (Å²) in [5, 5.41) is 14.9. The number of hydrazone groups is 1. The number of anilines is 1. The Hall–Kier alpha value is -2.91. The first-order valence-corrected chi connectivity index (χ1v) is 10.3. The van der Waals surface area contributed by atoms with Gasteiger partial charge in [-0.05, 0) is 63.5 Å². The highest BCUT2D eigenvalue weighted by molar-refractivity contribution is 9.10. The van der Waals surface area contributed by atoms with Gasteiger partial charge in [-0.25, -0.2) is 0 Å². The molecule has 3 aromatic carbocycles. The molecule has 0 amide bonds. The van der Waals surface area contributed by atoms with E-state index in [0.29, 0.717) is 23.8 Å². The Morgan fingerprint density at radius 3 is 2.43 bits per heavy atom. The van der Waals surface area contributed by atoms with Gasteiger partial charge in [0, 0.05) is 16.6 Å². The molecule has 0 atom stereocenters. The lowest BCUT2D eigenvalue weighted by Gasteiger charge is -2.13. The molecule has 1 N–H and O–H groups in total. The largest absolute Gasteiger partial charge is 0.493 e. The van der Waals surface area contributed by atoms with Crippen LogP contribution in [0.25, 0.3) is 0 Å². The minimum Gasteiger partial charge on any atom is -0.493 e. The summed E-state index contributed by atoms with van der Waals surface area (Å²) in [5.74, 6) is 1.17. The van der Waals surface area contributed by atoms with E-state index in [1.165, 1.54) is 12.1 Å². The fraction of sp³-hybridized carbons (Fsp3) is 0.0952. The summed E-state index contributed by atoms with van der Waals surface area (Å²) in [6.45, 7) is 0.400. The van der Waals surface area contributed by atoms with Gasteiger partial charge >= 0.3 is 0 Å². The lowest BCUT2D eigenvalue weighted by Crippen LogP contribution is -2.00. The highest BCUT2D eigenvalue weighted by Crippen LogP contribution is 2.37. The Balaban J connectivity index is 1.68. The number of nitrogens with one attached hydrogen (secondary N) is 1. The van der Waals surface area contributed by atoms with Gasteiger partial charge < -0.3 is 9.47 Å². The molecule has 0 unspecified atom stereocenters. The quantitative estimate of drug-likeness (QED) is 0.213. The average molecular weight is 535 g/mol. The third kappa shape index (κ3) is 5.80. The number of hydrogen-bond donors (Lipinski definition) is 1. The topological polar surface area (TPSA) is 86.0 Å². The van der Waals surface area contributed by atoms with Crippen molar-refractivity contribution < 1.29 is 14.4 Å². The molecule has 0 aromatic heterocycles. The number of nitro groups is 1. The van der Waals surface area contributed by atoms with Gasteiger partial charge in [0.05, 0.1) is 28.4 Å². The molecule has 3 rings (SSSR count). The second-order valence-corrected chi connectivity index (χ2v) is 7.89. The highest BCUT2D eigenvalue weighted by Gasteiger charge is 2.12. The lowest BCUT2D eigenvalue weighted by molar-refractivity contribution is -0.384. The van der Waals surface area contributed by atoms with E-state index in [-0.39, 0.29) is 5.69 Å². The highest BCUT2D eigenvalue weighted by atomic mass is 79.9. The predicted octanol–water partition coefficient (Wildman–Crippen LogP) is 6.15. The van der Waals surface area contributed by atoms with E-state index in [2.05, 4.69) is 42.4 Å². The number of methoxy groups -OCH3 is 1. The summed E-state index contributed by atoms with van der Waals surface area (Å²) in [6, 6.07) is 17.6. The van der Waals surface area contributed by atoms with Crippen LogP contribution in [0.1, 0.15) is 11.1 Å². The molecule has 0 saturated carbocycles. The van der Waals surface area contributed by atoms with Crippen molar-refractivity contribution in [3.8, 4) is 11.5 Å². The predicted molar refractivity (Wildman–Crippen MR) is 123 cm³/mol. The molecule has 0 aliphatic heterocycles. The van der Waals surface area contributed by atoms with Crippen LogP contribution >= 0.6 is 31.9 Å². The van der Waals surface area contributed by atoms with Crippen LogP contribution in [0.2, 0.25) is 0 Å². The lowest BCUT2D eigenvalue weighted by atomic mass is 10.2. The molecule has 7 nitrogen and oxygen atoms in total. The summed E-state index contributed by atoms with van der Waals surface area (Å²) in [6.07, 6.45) is 1.62. The monoisotopic (exact) mass is 533 g/mol. The van der Waals surface area contributed by atoms with Gasteiger partial charge in [-0.2, -0.15) is 5.10 Å². The van der Waals surface area contributed by atoms with E-state index < -0.39 is 4.92 Å². The third-order valence-electron chi connectivity index (χ3n) is 4.03. The normalized spacial score (nSPS) is 10.8. The van der Waals surface area contributed by atoms with Gasteiger partial charge in [0.25, 0.3) is 5.69 Å². The number of nitro benzene ring substituents is 1. The van der Waals surface area contributed by atoms with E-state index in [1.54, 1.807) is 25.5 Å². The third-order valence-corrected chi connectivity index (χ3v) is 5.15. The number of nitrogens with zero attached hydrogens (tertiary/aromatic N) is 2. The molecular formula is C21H17Br2N3O4. The van der Waals surface area contributed by atoms with Gasteiger partial charge in [-0.3, -0.25) is 15.5 Å². The maximum atomic E-state index is 10.7. The van der Waals surface area contributed by atoms with E-state index in [1.807, 2.05) is 36.4 Å². The maximum Gasteiger partial charge on any atom is 0.269 e. The molecule has 0 heterocycles. The molecule has 0 spiro atoms. The van der Waals surface area contributed by atoms with Crippen LogP contribution in [0, 0.1) is 10.1 Å². The first-order chi connectivity index (χ1) is 14.5. The number of benzene rings is 3. The minimum atomic E-state index is -0.447. The van der Waals surface area contributed by atoms with Crippen LogP contribution in [-0.4, -0.2) is 18.2 Å². The Morgan fingerprint density at radius 2 is 1.80 bits per heavy atom. The Bertz CT molecular complexity index is 1060. The molecule has 0 fully saturated rings. The first kappa shape index (κ1) is 21.8. The fourth-order valence-electron chi connectivity index (χ4n) is 2.53. The second kappa shape index (κ2) is 10.2. The number of non-ortho nitro benzene ring substituents is 1. The second-order valence-electron chi connectivity index (χ2n) is 6.12. The zero-order valence-electron chi connectivity index (χ0n) is 15.8. The molecule has 0 bridgehead atoms. The minimum absolute atomic E-state index is 0.0249. The molecule has 0 aliphatic carbocycles. The number of hydrogen-bond acceptors (Lipinski definition) is 6. The van der Waals surface area contributed by atoms with Crippen LogP contribution in [0.5, 0.6) is 11.5 Å². The smallest absolute Gasteiger partial charge is 0.269 e. The Morgan fingerprint density at radius 1 is 1.10 bits per heavy atom. The Kier molecular flexibility index (Phi) is 7.42. The van der Waals surface area contributed by atoms with Crippen LogP contribution in [0.3, 0.4) is 0 Å². The van der Waals surface area contributed by atoms with Gasteiger partial charge in [0.15, 0.2) is 11.5 Å². The number of ether oxygens (including phenoxy) is 2. The van der Waals surface area contributed by atoms with E-state index >= 15 is 0 Å². The molecule has 0 radical (unpaired) electrons. The van der Waals surface area contributed by atoms with Crippen LogP contribution < -0.4 is 14.9 Å². The van der Waals surface area contributed by atoms with Crippen molar-refractivity contribution >= 4 is 49.4 Å². The Labute approximate surface area is 190 Å². The zero-order valence-corrected chi connectivity index (χ0v) is 19.0. The summed E-state index contributed by atoms with van der Waals surface area (Å²) < 4.78 is 13.2. The molecule has 0 aliphatic rings. The van der Waals surface area contributed by atoms with Crippen LogP contribution in [0.15, 0.2) is 74.7 Å². The van der Waals surface area contributed by atoms with Crippen molar-refractivity contribution in [2.24, 2.45) is 5.10 Å². The summed E-state index contributed by atoms with van der Waals surface area (Å²) in [7, 11) is 1.57. The summed E-state index contributed by atoms with van der Waals surface area (Å²) in [5.41, 5.74) is 5.31. The van der Waals surface area contributed by atoms with E-state index in [9.17, 15) is 10.1 Å². The van der Waals surface area contributed by atoms with E-state index in [0.717, 1.165) is 20.1 Å². The van der Waals surface area contributed by atoms with Crippen molar-refractivity contribution in [2.75, 3.05) is 12.5 Å². The molecule has 9 heteroatoms. The van der Waals surface area contributed by atoms with Crippen molar-refractivity contribution in [1.82, 2.24) is 0 Å². The van der Waals surface area contributed by atoms with Crippen LogP contribution in [0.4, 0.5) is 11.4 Å². The fourth-order valence-corrected chi connectivity index (χ4v) is 3.37. The molecule has 30 heavy (non-hydrogen) atoms. The van der Waals surface area contributed by atoms with Gasteiger partial charge in [-0.15, -0.1) is 0 Å². The SMILES string of the molecule is COc1cc(/C=N/Nc2ccc([N+](=O)[O-])cc2)cc(Br)c1OCc1ccc(Br)cc1. The molecular weight excluding hydrogens is 518 g/mol. The number of rotatable bonds is 8. The number of halogens is 2. The van der Waals surface area contributed by atoms with Crippen molar-refractivity contribution in [2.45, 2.75) is 6.61 Å². The molecule has 3 aromatic rings. The average Bonchev–Trinajstić information content (AvgIpc) is 2.74. The zero-order chi connectivity index (χ0) is 21.5. The maximum absolute atomic E-state index is 10.7. The van der Waals surface area contributed by atoms with Gasteiger partial charge in [-0.1, -0.05) is 28.1 Å². The van der Waals surface area contributed by atoms with Crippen molar-refractivity contribution in [3.63, 3.8) is 0 Å². The summed E-state index contributed by atoms with van der Waals surface area (Å²) >= 11 is 6.94. The van der Waals surface area contributed by atoms with Gasteiger partial charge in [0.2, 0.25) is 0 Å². The van der Waals surface area contributed by atoms with Crippen molar-refractivity contribution in [3.05, 3.63) is 90.9 Å². The molecule has 154 valence electrons. The summed E-state index contributed by atoms with van der Waals surface area (Å²) in [4.78, 5) is 10.3. The van der Waals surface area contributed by atoms with Crippen LogP contribution in [-0.2, 0) is 6.61 Å². The van der Waals surface area contributed by atoms with E-state index in [4.69, 9.17) is 9.47 Å². The standard InChI is InChI=1S/C21H17Br2N3O4/c1-29-20-11-15(12-24-25-17-6-8-18(9-7-17)26(27)28)10-19(23)21(20)30-13-14-2-4-16(22)5-3-14/h2-12,25H,13H2,1H3/b24-12+. The van der Waals surface area contributed by atoms with Gasteiger partial charge in [0.1, 0.15) is 6.61 Å². The first-order valence-electron chi connectivity index (χ1n) is 8.74.